The maximum Gasteiger partial charge on any atom is 0.305 e. The summed E-state index contributed by atoms with van der Waals surface area (Å²) in [6.45, 7) is 6.35. The summed E-state index contributed by atoms with van der Waals surface area (Å²) in [6.07, 6.45) is 32.2. The molecule has 0 radical (unpaired) electrons. The topological polar surface area (TPSA) is 93.1 Å². The van der Waals surface area contributed by atoms with E-state index in [-0.39, 0.29) is 31.3 Å². The highest BCUT2D eigenvalue weighted by Crippen LogP contribution is 2.13. The molecular formula is C36H62O6. The van der Waals surface area contributed by atoms with Gasteiger partial charge in [-0.25, -0.2) is 0 Å². The van der Waals surface area contributed by atoms with Crippen LogP contribution in [-0.4, -0.2) is 47.6 Å². The quantitative estimate of drug-likeness (QED) is 0.0538. The van der Waals surface area contributed by atoms with Gasteiger partial charge in [-0.15, -0.1) is 0 Å². The molecule has 0 fully saturated rings. The maximum atomic E-state index is 11.9. The van der Waals surface area contributed by atoms with Crippen LogP contribution >= 0.6 is 0 Å². The first-order valence-corrected chi connectivity index (χ1v) is 16.6. The van der Waals surface area contributed by atoms with Crippen LogP contribution in [0.15, 0.2) is 48.6 Å². The van der Waals surface area contributed by atoms with Crippen LogP contribution in [0.25, 0.3) is 0 Å². The Morgan fingerprint density at radius 2 is 1.12 bits per heavy atom. The number of rotatable bonds is 28. The summed E-state index contributed by atoms with van der Waals surface area (Å²) < 4.78 is 10.2. The Hall–Kier alpha value is -2.18. The fourth-order valence-corrected chi connectivity index (χ4v) is 4.22. The third-order valence-electron chi connectivity index (χ3n) is 6.82. The van der Waals surface area contributed by atoms with Crippen molar-refractivity contribution >= 4 is 11.9 Å². The number of carbonyl (C=O) groups is 2. The van der Waals surface area contributed by atoms with Crippen LogP contribution in [0.2, 0.25) is 0 Å². The summed E-state index contributed by atoms with van der Waals surface area (Å²) in [7, 11) is 0. The van der Waals surface area contributed by atoms with Gasteiger partial charge in [0.1, 0.15) is 19.3 Å². The third-order valence-corrected chi connectivity index (χ3v) is 6.82. The molecule has 0 heterocycles. The molecule has 0 rings (SSSR count). The van der Waals surface area contributed by atoms with Gasteiger partial charge in [-0.3, -0.25) is 9.59 Å². The van der Waals surface area contributed by atoms with Crippen molar-refractivity contribution < 1.29 is 29.3 Å². The van der Waals surface area contributed by atoms with Crippen LogP contribution in [0.1, 0.15) is 136 Å². The predicted octanol–water partition coefficient (Wildman–Crippen LogP) is 8.72. The zero-order valence-electron chi connectivity index (χ0n) is 27.0. The molecule has 0 aromatic rings. The summed E-state index contributed by atoms with van der Waals surface area (Å²) in [5.41, 5.74) is 0. The lowest BCUT2D eigenvalue weighted by molar-refractivity contribution is -0.152. The number of allylic oxidation sites excluding steroid dienone is 7. The molecule has 0 aliphatic heterocycles. The van der Waals surface area contributed by atoms with Crippen molar-refractivity contribution in [2.24, 2.45) is 5.92 Å². The first-order valence-electron chi connectivity index (χ1n) is 16.6. The Morgan fingerprint density at radius 3 is 1.69 bits per heavy atom. The molecule has 0 aromatic heterocycles. The van der Waals surface area contributed by atoms with E-state index < -0.39 is 6.10 Å². The molecule has 0 spiro atoms. The fourth-order valence-electron chi connectivity index (χ4n) is 4.22. The smallest absolute Gasteiger partial charge is 0.305 e. The number of unbranched alkanes of at least 4 members (excludes halogenated alkanes) is 8. The molecule has 0 saturated heterocycles. The molecule has 0 aromatic carbocycles. The summed E-state index contributed by atoms with van der Waals surface area (Å²) in [4.78, 5) is 23.7. The van der Waals surface area contributed by atoms with E-state index in [0.29, 0.717) is 19.3 Å². The van der Waals surface area contributed by atoms with E-state index in [1.807, 2.05) is 12.2 Å². The van der Waals surface area contributed by atoms with Gasteiger partial charge in [0, 0.05) is 12.8 Å². The van der Waals surface area contributed by atoms with Crippen LogP contribution in [0.4, 0.5) is 0 Å². The highest BCUT2D eigenvalue weighted by Gasteiger charge is 2.12. The van der Waals surface area contributed by atoms with E-state index in [2.05, 4.69) is 57.2 Å². The molecule has 242 valence electrons. The average molecular weight is 591 g/mol. The van der Waals surface area contributed by atoms with Crippen molar-refractivity contribution in [3.63, 3.8) is 0 Å². The Morgan fingerprint density at radius 1 is 0.619 bits per heavy atom. The number of esters is 2. The van der Waals surface area contributed by atoms with Crippen molar-refractivity contribution in [3.05, 3.63) is 48.6 Å². The first kappa shape index (κ1) is 39.8. The molecule has 0 unspecified atom stereocenters. The first-order chi connectivity index (χ1) is 20.3. The van der Waals surface area contributed by atoms with Gasteiger partial charge in [0.05, 0.1) is 6.10 Å². The van der Waals surface area contributed by atoms with Gasteiger partial charge in [0.2, 0.25) is 0 Å². The number of aliphatic hydroxyl groups excluding tert-OH is 2. The van der Waals surface area contributed by atoms with Gasteiger partial charge in [-0.2, -0.15) is 0 Å². The van der Waals surface area contributed by atoms with Gasteiger partial charge in [-0.1, -0.05) is 127 Å². The molecular weight excluding hydrogens is 528 g/mol. The van der Waals surface area contributed by atoms with Crippen LogP contribution in [-0.2, 0) is 19.1 Å². The van der Waals surface area contributed by atoms with Crippen molar-refractivity contribution in [1.82, 2.24) is 0 Å². The summed E-state index contributed by atoms with van der Waals surface area (Å²) in [5, 5.41) is 19.7. The zero-order chi connectivity index (χ0) is 31.1. The Kier molecular flexibility index (Phi) is 28.7. The van der Waals surface area contributed by atoms with E-state index >= 15 is 0 Å². The summed E-state index contributed by atoms with van der Waals surface area (Å²) in [5.74, 6) is 0.127. The monoisotopic (exact) mass is 590 g/mol. The Labute approximate surface area is 257 Å². The largest absolute Gasteiger partial charge is 0.463 e. The minimum Gasteiger partial charge on any atom is -0.463 e. The molecule has 0 aliphatic rings. The van der Waals surface area contributed by atoms with Crippen LogP contribution in [0.5, 0.6) is 0 Å². The number of hydrogen-bond donors (Lipinski definition) is 2. The van der Waals surface area contributed by atoms with E-state index in [1.165, 1.54) is 32.1 Å². The standard InChI is InChI=1S/C36H62O6/c1-4-5-26-33(37)27-22-18-14-10-8-6-7-9-11-15-19-23-28-35(39)41-30-34(38)31-42-36(40)29-24-20-16-12-13-17-21-25-32(2)3/h6-7,10-11,14-15,22,27,32-34,37-38H,4-5,8-9,12-13,16-21,23-26,28-31H2,1-3H3/b7-6-,14-10-,15-11-,27-22-/t33-,34+/m0/s1. The van der Waals surface area contributed by atoms with Crippen molar-refractivity contribution in [2.45, 2.75) is 149 Å². The second-order valence-electron chi connectivity index (χ2n) is 11.6. The maximum absolute atomic E-state index is 11.9. The number of aliphatic hydroxyl groups is 2. The molecule has 0 amide bonds. The van der Waals surface area contributed by atoms with Gasteiger partial charge in [-0.05, 0) is 50.9 Å². The summed E-state index contributed by atoms with van der Waals surface area (Å²) >= 11 is 0. The molecule has 42 heavy (non-hydrogen) atoms. The van der Waals surface area contributed by atoms with E-state index in [4.69, 9.17) is 9.47 Å². The summed E-state index contributed by atoms with van der Waals surface area (Å²) in [6, 6.07) is 0. The Bertz CT molecular complexity index is 752. The molecule has 2 atom stereocenters. The zero-order valence-corrected chi connectivity index (χ0v) is 27.0. The molecule has 6 heteroatoms. The van der Waals surface area contributed by atoms with Crippen LogP contribution in [0.3, 0.4) is 0 Å². The normalized spacial score (nSPS) is 13.7. The predicted molar refractivity (Wildman–Crippen MR) is 174 cm³/mol. The van der Waals surface area contributed by atoms with Gasteiger partial charge < -0.3 is 19.7 Å². The lowest BCUT2D eigenvalue weighted by Gasteiger charge is -2.12. The number of hydrogen-bond acceptors (Lipinski definition) is 6. The molecule has 0 aliphatic carbocycles. The Balaban J connectivity index is 3.63. The van der Waals surface area contributed by atoms with Gasteiger partial charge >= 0.3 is 11.9 Å². The number of carbonyl (C=O) groups excluding carboxylic acids is 2. The van der Waals surface area contributed by atoms with Crippen molar-refractivity contribution in [2.75, 3.05) is 13.2 Å². The second kappa shape index (κ2) is 30.3. The van der Waals surface area contributed by atoms with Crippen molar-refractivity contribution in [1.29, 1.82) is 0 Å². The highest BCUT2D eigenvalue weighted by atomic mass is 16.6. The SMILES string of the molecule is CCCC[C@H](O)/C=C\C/C=C\C/C=C\C/C=C\CCCC(=O)OC[C@@H](O)COC(=O)CCCCCCCCCC(C)C. The molecule has 0 saturated carbocycles. The lowest BCUT2D eigenvalue weighted by Crippen LogP contribution is -2.25. The van der Waals surface area contributed by atoms with Crippen molar-refractivity contribution in [3.8, 4) is 0 Å². The van der Waals surface area contributed by atoms with Crippen LogP contribution < -0.4 is 0 Å². The average Bonchev–Trinajstić information content (AvgIpc) is 2.96. The van der Waals surface area contributed by atoms with E-state index in [1.54, 1.807) is 0 Å². The fraction of sp³-hybridized carbons (Fsp3) is 0.722. The molecule has 6 nitrogen and oxygen atoms in total. The van der Waals surface area contributed by atoms with E-state index in [0.717, 1.165) is 70.1 Å². The van der Waals surface area contributed by atoms with E-state index in [9.17, 15) is 19.8 Å². The minimum absolute atomic E-state index is 0.145. The molecule has 2 N–H and O–H groups in total. The van der Waals surface area contributed by atoms with Gasteiger partial charge in [0.25, 0.3) is 0 Å². The second-order valence-corrected chi connectivity index (χ2v) is 11.6. The highest BCUT2D eigenvalue weighted by molar-refractivity contribution is 5.69. The number of ether oxygens (including phenoxy) is 2. The third kappa shape index (κ3) is 30.8. The van der Waals surface area contributed by atoms with Gasteiger partial charge in [0.15, 0.2) is 0 Å². The molecule has 0 bridgehead atoms. The van der Waals surface area contributed by atoms with Crippen LogP contribution in [0, 0.1) is 5.92 Å². The lowest BCUT2D eigenvalue weighted by atomic mass is 10.0. The minimum atomic E-state index is -0.995.